The van der Waals surface area contributed by atoms with E-state index in [2.05, 4.69) is 19.1 Å². The van der Waals surface area contributed by atoms with Gasteiger partial charge in [0.15, 0.2) is 0 Å². The summed E-state index contributed by atoms with van der Waals surface area (Å²) in [5.74, 6) is 2.39. The Kier molecular flexibility index (Phi) is 6.95. The van der Waals surface area contributed by atoms with Crippen molar-refractivity contribution in [2.75, 3.05) is 5.75 Å². The van der Waals surface area contributed by atoms with Gasteiger partial charge in [0, 0.05) is 10.8 Å². The molecular weight excluding hydrogens is 224 g/mol. The van der Waals surface area contributed by atoms with Gasteiger partial charge in [-0.15, -0.1) is 0 Å². The smallest absolute Gasteiger partial charge is 0.0406 e. The molecule has 0 unspecified atom stereocenters. The van der Waals surface area contributed by atoms with Gasteiger partial charge in [-0.2, -0.15) is 11.8 Å². The van der Waals surface area contributed by atoms with E-state index in [9.17, 15) is 0 Å². The minimum atomic E-state index is 0.826. The van der Waals surface area contributed by atoms with Crippen LogP contribution in [0.3, 0.4) is 0 Å². The molecule has 0 bridgehead atoms. The Hall–Kier alpha value is -0.140. The molecule has 0 spiro atoms. The third kappa shape index (κ3) is 6.11. The fourth-order valence-electron chi connectivity index (χ4n) is 1.40. The first-order valence-electron chi connectivity index (χ1n) is 5.65. The number of benzene rings is 1. The summed E-state index contributed by atoms with van der Waals surface area (Å²) in [6.45, 7) is 2.25. The van der Waals surface area contributed by atoms with Crippen LogP contribution in [0.5, 0.6) is 0 Å². The fraction of sp³-hybridized carbons (Fsp3) is 0.538. The zero-order valence-corrected chi connectivity index (χ0v) is 10.9. The van der Waals surface area contributed by atoms with Crippen LogP contribution in [0.2, 0.25) is 5.02 Å². The van der Waals surface area contributed by atoms with Crippen molar-refractivity contribution in [2.45, 2.75) is 38.4 Å². The van der Waals surface area contributed by atoms with Gasteiger partial charge in [-0.3, -0.25) is 0 Å². The molecule has 0 fully saturated rings. The normalized spacial score (nSPS) is 10.5. The third-order valence-electron chi connectivity index (χ3n) is 2.32. The summed E-state index contributed by atoms with van der Waals surface area (Å²) in [7, 11) is 0. The zero-order chi connectivity index (χ0) is 10.9. The minimum Gasteiger partial charge on any atom is -0.157 e. The summed E-state index contributed by atoms with van der Waals surface area (Å²) in [5, 5.41) is 0.826. The standard InChI is InChI=1S/C13H19ClS/c1-2-3-4-5-10-15-11-12-6-8-13(14)9-7-12/h6-9H,2-5,10-11H2,1H3. The molecule has 1 aromatic rings. The molecule has 0 atom stereocenters. The van der Waals surface area contributed by atoms with Gasteiger partial charge in [0.1, 0.15) is 0 Å². The van der Waals surface area contributed by atoms with Gasteiger partial charge in [-0.1, -0.05) is 49.9 Å². The molecule has 0 saturated carbocycles. The number of hydrogen-bond donors (Lipinski definition) is 0. The highest BCUT2D eigenvalue weighted by Gasteiger charge is 1.94. The Balaban J connectivity index is 2.07. The lowest BCUT2D eigenvalue weighted by Crippen LogP contribution is -1.84. The van der Waals surface area contributed by atoms with Crippen LogP contribution in [-0.4, -0.2) is 5.75 Å². The number of halogens is 1. The van der Waals surface area contributed by atoms with Gasteiger partial charge in [-0.25, -0.2) is 0 Å². The Labute approximate surface area is 102 Å². The molecule has 0 aliphatic rings. The average Bonchev–Trinajstić information content (AvgIpc) is 2.26. The second kappa shape index (κ2) is 8.06. The van der Waals surface area contributed by atoms with Crippen molar-refractivity contribution in [2.24, 2.45) is 0 Å². The summed E-state index contributed by atoms with van der Waals surface area (Å²) < 4.78 is 0. The maximum absolute atomic E-state index is 5.82. The number of rotatable bonds is 7. The highest BCUT2D eigenvalue weighted by atomic mass is 35.5. The van der Waals surface area contributed by atoms with Crippen molar-refractivity contribution < 1.29 is 0 Å². The van der Waals surface area contributed by atoms with E-state index in [-0.39, 0.29) is 0 Å². The van der Waals surface area contributed by atoms with Gasteiger partial charge < -0.3 is 0 Å². The molecule has 0 amide bonds. The first kappa shape index (κ1) is 12.9. The second-order valence-corrected chi connectivity index (χ2v) is 5.28. The van der Waals surface area contributed by atoms with E-state index in [4.69, 9.17) is 11.6 Å². The summed E-state index contributed by atoms with van der Waals surface area (Å²) >= 11 is 7.84. The molecule has 0 nitrogen and oxygen atoms in total. The lowest BCUT2D eigenvalue weighted by atomic mass is 10.2. The topological polar surface area (TPSA) is 0 Å². The van der Waals surface area contributed by atoms with Crippen molar-refractivity contribution in [3.63, 3.8) is 0 Å². The molecule has 15 heavy (non-hydrogen) atoms. The lowest BCUT2D eigenvalue weighted by molar-refractivity contribution is 0.706. The molecule has 84 valence electrons. The van der Waals surface area contributed by atoms with Crippen LogP contribution in [0.4, 0.5) is 0 Å². The van der Waals surface area contributed by atoms with Gasteiger partial charge in [0.2, 0.25) is 0 Å². The minimum absolute atomic E-state index is 0.826. The monoisotopic (exact) mass is 242 g/mol. The quantitative estimate of drug-likeness (QED) is 0.596. The van der Waals surface area contributed by atoms with Gasteiger partial charge >= 0.3 is 0 Å². The molecule has 1 aromatic carbocycles. The highest BCUT2D eigenvalue weighted by molar-refractivity contribution is 7.98. The van der Waals surface area contributed by atoms with Gasteiger partial charge in [0.05, 0.1) is 0 Å². The molecule has 0 aromatic heterocycles. The molecule has 0 radical (unpaired) electrons. The number of unbranched alkanes of at least 4 members (excludes halogenated alkanes) is 3. The first-order chi connectivity index (χ1) is 7.33. The Morgan fingerprint density at radius 1 is 1.07 bits per heavy atom. The predicted octanol–water partition coefficient (Wildman–Crippen LogP) is 5.15. The fourth-order valence-corrected chi connectivity index (χ4v) is 2.51. The van der Waals surface area contributed by atoms with E-state index in [0.717, 1.165) is 10.8 Å². The number of thioether (sulfide) groups is 1. The first-order valence-corrected chi connectivity index (χ1v) is 7.18. The van der Waals surface area contributed by atoms with Crippen LogP contribution in [0.25, 0.3) is 0 Å². The summed E-state index contributed by atoms with van der Waals surface area (Å²) in [6, 6.07) is 8.16. The largest absolute Gasteiger partial charge is 0.157 e. The second-order valence-electron chi connectivity index (χ2n) is 3.74. The van der Waals surface area contributed by atoms with Crippen molar-refractivity contribution in [3.05, 3.63) is 34.9 Å². The van der Waals surface area contributed by atoms with Crippen LogP contribution in [0.15, 0.2) is 24.3 Å². The Morgan fingerprint density at radius 3 is 2.47 bits per heavy atom. The Morgan fingerprint density at radius 2 is 1.80 bits per heavy atom. The van der Waals surface area contributed by atoms with E-state index >= 15 is 0 Å². The van der Waals surface area contributed by atoms with Crippen LogP contribution < -0.4 is 0 Å². The average molecular weight is 243 g/mol. The molecule has 1 rings (SSSR count). The highest BCUT2D eigenvalue weighted by Crippen LogP contribution is 2.16. The molecule has 0 heterocycles. The van der Waals surface area contributed by atoms with Crippen LogP contribution >= 0.6 is 23.4 Å². The van der Waals surface area contributed by atoms with E-state index in [1.807, 2.05) is 23.9 Å². The van der Waals surface area contributed by atoms with E-state index < -0.39 is 0 Å². The number of hydrogen-bond acceptors (Lipinski definition) is 1. The van der Waals surface area contributed by atoms with Gasteiger partial charge in [-0.05, 0) is 29.9 Å². The summed E-state index contributed by atoms with van der Waals surface area (Å²) in [4.78, 5) is 0. The third-order valence-corrected chi connectivity index (χ3v) is 3.69. The SMILES string of the molecule is CCCCCCSCc1ccc(Cl)cc1. The van der Waals surface area contributed by atoms with Crippen molar-refractivity contribution in [1.29, 1.82) is 0 Å². The summed E-state index contributed by atoms with van der Waals surface area (Å²) in [5.41, 5.74) is 1.37. The van der Waals surface area contributed by atoms with Crippen molar-refractivity contribution in [1.82, 2.24) is 0 Å². The van der Waals surface area contributed by atoms with Crippen molar-refractivity contribution >= 4 is 23.4 Å². The summed E-state index contributed by atoms with van der Waals surface area (Å²) in [6.07, 6.45) is 5.43. The molecule has 0 aliphatic carbocycles. The molecule has 0 N–H and O–H groups in total. The van der Waals surface area contributed by atoms with Gasteiger partial charge in [0.25, 0.3) is 0 Å². The molecular formula is C13H19ClS. The van der Waals surface area contributed by atoms with E-state index in [1.165, 1.54) is 37.0 Å². The molecule has 0 aliphatic heterocycles. The van der Waals surface area contributed by atoms with Crippen LogP contribution in [-0.2, 0) is 5.75 Å². The zero-order valence-electron chi connectivity index (χ0n) is 9.34. The maximum atomic E-state index is 5.82. The van der Waals surface area contributed by atoms with E-state index in [0.29, 0.717) is 0 Å². The lowest BCUT2D eigenvalue weighted by Gasteiger charge is -2.02. The molecule has 2 heteroatoms. The Bertz CT molecular complexity index is 256. The van der Waals surface area contributed by atoms with Crippen molar-refractivity contribution in [3.8, 4) is 0 Å². The van der Waals surface area contributed by atoms with Crippen LogP contribution in [0, 0.1) is 0 Å². The predicted molar refractivity (Wildman–Crippen MR) is 71.8 cm³/mol. The van der Waals surface area contributed by atoms with E-state index in [1.54, 1.807) is 0 Å². The molecule has 0 saturated heterocycles. The van der Waals surface area contributed by atoms with Crippen LogP contribution in [0.1, 0.15) is 38.2 Å². The maximum Gasteiger partial charge on any atom is 0.0406 e.